The zero-order chi connectivity index (χ0) is 6.04. The van der Waals surface area contributed by atoms with Crippen molar-refractivity contribution in [1.82, 2.24) is 0 Å². The van der Waals surface area contributed by atoms with Gasteiger partial charge in [-0.1, -0.05) is 6.42 Å². The van der Waals surface area contributed by atoms with Crippen LogP contribution < -0.4 is 0 Å². The molecule has 0 aromatic heterocycles. The minimum absolute atomic E-state index is 0. The van der Waals surface area contributed by atoms with Crippen LogP contribution in [-0.4, -0.2) is 11.5 Å². The third-order valence-corrected chi connectivity index (χ3v) is 3.02. The second-order valence-corrected chi connectivity index (χ2v) is 3.66. The molecule has 0 aromatic carbocycles. The average molecular weight is 312 g/mol. The summed E-state index contributed by atoms with van der Waals surface area (Å²) in [6.45, 7) is 7.97. The zero-order valence-corrected chi connectivity index (χ0v) is 9.31. The van der Waals surface area contributed by atoms with Gasteiger partial charge in [-0.25, -0.2) is 6.42 Å². The number of hydrogen-bond acceptors (Lipinski definition) is 1. The standard InChI is InChI=1S/C7H12S.W/c1-3-7(2)4-5-8-6-7;/h1-6H2;/q-2;+2. The van der Waals surface area contributed by atoms with E-state index in [1.165, 1.54) is 17.9 Å². The monoisotopic (exact) mass is 312 g/mol. The van der Waals surface area contributed by atoms with Crippen molar-refractivity contribution in [2.45, 2.75) is 12.8 Å². The molecule has 0 N–H and O–H groups in total. The first kappa shape index (κ1) is 10.0. The van der Waals surface area contributed by atoms with Crippen molar-refractivity contribution in [3.05, 3.63) is 13.8 Å². The summed E-state index contributed by atoms with van der Waals surface area (Å²) in [6, 6.07) is 0. The molecule has 2 heteroatoms. The molecule has 0 amide bonds. The molecule has 9 heavy (non-hydrogen) atoms. The van der Waals surface area contributed by atoms with Gasteiger partial charge in [0.15, 0.2) is 0 Å². The summed E-state index contributed by atoms with van der Waals surface area (Å²) in [4.78, 5) is 0. The molecule has 1 unspecified atom stereocenters. The van der Waals surface area contributed by atoms with Crippen LogP contribution in [0.5, 0.6) is 0 Å². The molecule has 1 aliphatic rings. The average Bonchev–Trinajstić information content (AvgIpc) is 2.17. The molecule has 0 saturated carbocycles. The van der Waals surface area contributed by atoms with Crippen LogP contribution in [0.4, 0.5) is 0 Å². The van der Waals surface area contributed by atoms with Gasteiger partial charge in [-0.05, 0) is 11.5 Å². The van der Waals surface area contributed by atoms with Gasteiger partial charge in [-0.2, -0.15) is 17.2 Å². The maximum absolute atomic E-state index is 4.10. The van der Waals surface area contributed by atoms with Crippen molar-refractivity contribution < 1.29 is 21.1 Å². The molecule has 0 radical (unpaired) electrons. The van der Waals surface area contributed by atoms with Gasteiger partial charge < -0.3 is 13.8 Å². The van der Waals surface area contributed by atoms with Crippen molar-refractivity contribution in [3.8, 4) is 0 Å². The normalized spacial score (nSPS) is 34.0. The molecule has 52 valence electrons. The van der Waals surface area contributed by atoms with Crippen LogP contribution in [0.1, 0.15) is 12.8 Å². The van der Waals surface area contributed by atoms with Crippen LogP contribution in [0.2, 0.25) is 0 Å². The van der Waals surface area contributed by atoms with Gasteiger partial charge in [0, 0.05) is 0 Å². The molecule has 1 saturated heterocycles. The molecule has 1 aliphatic heterocycles. The second kappa shape index (κ2) is 4.03. The van der Waals surface area contributed by atoms with Gasteiger partial charge in [0.05, 0.1) is 0 Å². The Morgan fingerprint density at radius 3 is 2.44 bits per heavy atom. The third-order valence-electron chi connectivity index (χ3n) is 1.72. The fourth-order valence-electron chi connectivity index (χ4n) is 0.847. The minimum Gasteiger partial charge on any atom is -0.345 e. The molecule has 0 aromatic rings. The Bertz CT molecular complexity index is 77.0. The van der Waals surface area contributed by atoms with Crippen molar-refractivity contribution in [2.75, 3.05) is 11.5 Å². The Morgan fingerprint density at radius 2 is 2.22 bits per heavy atom. The summed E-state index contributed by atoms with van der Waals surface area (Å²) in [6.07, 6.45) is 2.27. The van der Waals surface area contributed by atoms with Crippen LogP contribution in [0.15, 0.2) is 0 Å². The Morgan fingerprint density at radius 1 is 1.56 bits per heavy atom. The fourth-order valence-corrected chi connectivity index (χ4v) is 2.29. The van der Waals surface area contributed by atoms with Crippen LogP contribution >= 0.6 is 11.8 Å². The van der Waals surface area contributed by atoms with E-state index in [9.17, 15) is 0 Å². The van der Waals surface area contributed by atoms with E-state index in [0.29, 0.717) is 5.41 Å². The van der Waals surface area contributed by atoms with E-state index in [2.05, 4.69) is 13.8 Å². The first-order valence-corrected chi connectivity index (χ1v) is 4.15. The van der Waals surface area contributed by atoms with Crippen molar-refractivity contribution >= 4 is 11.8 Å². The topological polar surface area (TPSA) is 0 Å². The SMILES string of the molecule is [CH2-]CC1([CH2-])CCSC1.[W+2]. The maximum atomic E-state index is 4.10. The van der Waals surface area contributed by atoms with E-state index in [0.717, 1.165) is 6.42 Å². The first-order valence-electron chi connectivity index (χ1n) is 2.99. The molecular weight excluding hydrogens is 300 g/mol. The summed E-state index contributed by atoms with van der Waals surface area (Å²) in [5, 5.41) is 0. The summed E-state index contributed by atoms with van der Waals surface area (Å²) in [5.41, 5.74) is 0.338. The van der Waals surface area contributed by atoms with Gasteiger partial charge in [0.2, 0.25) is 0 Å². The Kier molecular flexibility index (Phi) is 4.49. The van der Waals surface area contributed by atoms with Crippen molar-refractivity contribution in [3.63, 3.8) is 0 Å². The molecule has 1 fully saturated rings. The predicted molar refractivity (Wildman–Crippen MR) is 39.7 cm³/mol. The van der Waals surface area contributed by atoms with Gasteiger partial charge in [0.1, 0.15) is 0 Å². The summed E-state index contributed by atoms with van der Waals surface area (Å²) in [5.74, 6) is 2.51. The Labute approximate surface area is 76.4 Å². The largest absolute Gasteiger partial charge is 2.00 e. The molecule has 1 heterocycles. The molecule has 0 nitrogen and oxygen atoms in total. The van der Waals surface area contributed by atoms with Gasteiger partial charge in [-0.15, -0.1) is 0 Å². The molecule has 0 aliphatic carbocycles. The molecule has 1 rings (SSSR count). The van der Waals surface area contributed by atoms with Crippen molar-refractivity contribution in [2.24, 2.45) is 5.41 Å². The molecular formula is C7H12SW. The van der Waals surface area contributed by atoms with E-state index in [1.54, 1.807) is 0 Å². The van der Waals surface area contributed by atoms with Gasteiger partial charge in [-0.3, -0.25) is 0 Å². The number of hydrogen-bond donors (Lipinski definition) is 0. The van der Waals surface area contributed by atoms with E-state index in [1.807, 2.05) is 11.8 Å². The smallest absolute Gasteiger partial charge is 0.345 e. The maximum Gasteiger partial charge on any atom is 2.00 e. The van der Waals surface area contributed by atoms with Gasteiger partial charge in [0.25, 0.3) is 0 Å². The van der Waals surface area contributed by atoms with Crippen LogP contribution in [0, 0.1) is 19.3 Å². The third kappa shape index (κ3) is 2.63. The number of thioether (sulfide) groups is 1. The van der Waals surface area contributed by atoms with E-state index in [-0.39, 0.29) is 21.1 Å². The van der Waals surface area contributed by atoms with Crippen molar-refractivity contribution in [1.29, 1.82) is 0 Å². The summed E-state index contributed by atoms with van der Waals surface area (Å²) in [7, 11) is 0. The van der Waals surface area contributed by atoms with Crippen LogP contribution in [0.3, 0.4) is 0 Å². The Hall–Kier alpha value is 1.04. The van der Waals surface area contributed by atoms with E-state index in [4.69, 9.17) is 0 Å². The summed E-state index contributed by atoms with van der Waals surface area (Å²) < 4.78 is 0. The summed E-state index contributed by atoms with van der Waals surface area (Å²) >= 11 is 2.00. The van der Waals surface area contributed by atoms with Crippen LogP contribution in [-0.2, 0) is 21.1 Å². The molecule has 1 atom stereocenters. The van der Waals surface area contributed by atoms with E-state index < -0.39 is 0 Å². The zero-order valence-electron chi connectivity index (χ0n) is 5.56. The quantitative estimate of drug-likeness (QED) is 0.669. The molecule has 0 spiro atoms. The van der Waals surface area contributed by atoms with E-state index >= 15 is 0 Å². The minimum atomic E-state index is 0. The first-order chi connectivity index (χ1) is 3.77. The fraction of sp³-hybridized carbons (Fsp3) is 0.714. The van der Waals surface area contributed by atoms with Gasteiger partial charge >= 0.3 is 21.1 Å². The predicted octanol–water partition coefficient (Wildman–Crippen LogP) is 2.17. The van der Waals surface area contributed by atoms with Crippen LogP contribution in [0.25, 0.3) is 0 Å². The second-order valence-electron chi connectivity index (χ2n) is 2.55. The number of rotatable bonds is 1. The molecule has 0 bridgehead atoms. The Balaban J connectivity index is 0.000000640.